The Bertz CT molecular complexity index is 835. The first-order valence-corrected chi connectivity index (χ1v) is 10.8. The van der Waals surface area contributed by atoms with E-state index in [-0.39, 0.29) is 11.9 Å². The van der Waals surface area contributed by atoms with E-state index in [1.54, 1.807) is 6.20 Å². The zero-order chi connectivity index (χ0) is 20.6. The summed E-state index contributed by atoms with van der Waals surface area (Å²) < 4.78 is 0. The van der Waals surface area contributed by atoms with Gasteiger partial charge in [-0.3, -0.25) is 4.79 Å². The number of pyridine rings is 1. The van der Waals surface area contributed by atoms with Gasteiger partial charge in [-0.1, -0.05) is 12.1 Å². The number of hydrogen-bond donors (Lipinski definition) is 2. The zero-order valence-corrected chi connectivity index (χ0v) is 17.7. The fourth-order valence-electron chi connectivity index (χ4n) is 2.98. The van der Waals surface area contributed by atoms with Crippen LogP contribution in [0.1, 0.15) is 11.1 Å². The first kappa shape index (κ1) is 21.0. The molecule has 7 nitrogen and oxygen atoms in total. The van der Waals surface area contributed by atoms with Crippen molar-refractivity contribution in [3.63, 3.8) is 0 Å². The second-order valence-corrected chi connectivity index (χ2v) is 8.32. The van der Waals surface area contributed by atoms with Crippen molar-refractivity contribution in [2.24, 2.45) is 0 Å². The van der Waals surface area contributed by atoms with Gasteiger partial charge < -0.3 is 20.4 Å². The van der Waals surface area contributed by atoms with Crippen LogP contribution in [0.4, 0.5) is 16.3 Å². The smallest absolute Gasteiger partial charge is 0.319 e. The highest BCUT2D eigenvalue weighted by atomic mass is 32.2. The van der Waals surface area contributed by atoms with E-state index in [2.05, 4.69) is 15.6 Å². The van der Waals surface area contributed by atoms with Gasteiger partial charge in [0.2, 0.25) is 5.91 Å². The normalized spacial score (nSPS) is 13.7. The summed E-state index contributed by atoms with van der Waals surface area (Å²) in [6.45, 7) is 2.07. The van der Waals surface area contributed by atoms with Crippen molar-refractivity contribution in [1.29, 1.82) is 0 Å². The molecule has 0 atom stereocenters. The van der Waals surface area contributed by atoms with E-state index in [0.717, 1.165) is 41.5 Å². The molecule has 3 amide bonds. The summed E-state index contributed by atoms with van der Waals surface area (Å²) in [5, 5.41) is 5.66. The summed E-state index contributed by atoms with van der Waals surface area (Å²) in [5.74, 6) is 3.04. The number of thioether (sulfide) groups is 1. The fraction of sp³-hybridized carbons (Fsp3) is 0.381. The summed E-state index contributed by atoms with van der Waals surface area (Å²) in [5.41, 5.74) is 2.62. The van der Waals surface area contributed by atoms with Crippen LogP contribution >= 0.6 is 11.8 Å². The van der Waals surface area contributed by atoms with Gasteiger partial charge in [-0.15, -0.1) is 0 Å². The Morgan fingerprint density at radius 3 is 2.52 bits per heavy atom. The maximum atomic E-state index is 12.3. The minimum absolute atomic E-state index is 0.165. The van der Waals surface area contributed by atoms with Crippen LogP contribution in [0.2, 0.25) is 0 Å². The van der Waals surface area contributed by atoms with Crippen molar-refractivity contribution in [2.75, 3.05) is 48.9 Å². The lowest BCUT2D eigenvalue weighted by molar-refractivity contribution is -0.130. The van der Waals surface area contributed by atoms with E-state index in [1.807, 2.05) is 72.1 Å². The predicted molar refractivity (Wildman–Crippen MR) is 118 cm³/mol. The molecule has 1 aliphatic rings. The third-order valence-corrected chi connectivity index (χ3v) is 5.59. The third-order valence-electron chi connectivity index (χ3n) is 4.65. The zero-order valence-electron chi connectivity index (χ0n) is 16.9. The van der Waals surface area contributed by atoms with E-state index in [0.29, 0.717) is 18.7 Å². The summed E-state index contributed by atoms with van der Waals surface area (Å²) in [6, 6.07) is 11.0. The summed E-state index contributed by atoms with van der Waals surface area (Å²) >= 11 is 1.89. The minimum Gasteiger partial charge on any atom is -0.363 e. The maximum absolute atomic E-state index is 12.3. The van der Waals surface area contributed by atoms with Gasteiger partial charge in [0.1, 0.15) is 5.82 Å². The average Bonchev–Trinajstić information content (AvgIpc) is 2.74. The second kappa shape index (κ2) is 10.2. The SMILES string of the molecule is CN(C)c1cc(CNC(=O)Nc2ccc(CC(=O)N3CCSCC3)cc2)ccn1. The average molecular weight is 414 g/mol. The van der Waals surface area contributed by atoms with Crippen molar-refractivity contribution in [3.8, 4) is 0 Å². The van der Waals surface area contributed by atoms with Gasteiger partial charge in [0, 0.05) is 57.1 Å². The largest absolute Gasteiger partial charge is 0.363 e. The number of anilines is 2. The van der Waals surface area contributed by atoms with Gasteiger partial charge in [-0.05, 0) is 35.4 Å². The van der Waals surface area contributed by atoms with Crippen LogP contribution in [-0.2, 0) is 17.8 Å². The van der Waals surface area contributed by atoms with Crippen LogP contribution in [0.25, 0.3) is 0 Å². The number of aromatic nitrogens is 1. The molecule has 1 aromatic carbocycles. The van der Waals surface area contributed by atoms with E-state index in [1.165, 1.54) is 0 Å². The van der Waals surface area contributed by atoms with Crippen molar-refractivity contribution in [1.82, 2.24) is 15.2 Å². The number of benzene rings is 1. The van der Waals surface area contributed by atoms with Gasteiger partial charge >= 0.3 is 6.03 Å². The molecule has 154 valence electrons. The monoisotopic (exact) mass is 413 g/mol. The summed E-state index contributed by atoms with van der Waals surface area (Å²) in [6.07, 6.45) is 2.13. The molecular weight excluding hydrogens is 386 g/mol. The highest BCUT2D eigenvalue weighted by Gasteiger charge is 2.16. The number of carbonyl (C=O) groups excluding carboxylic acids is 2. The topological polar surface area (TPSA) is 77.6 Å². The number of amides is 3. The van der Waals surface area contributed by atoms with Crippen molar-refractivity contribution in [3.05, 3.63) is 53.7 Å². The van der Waals surface area contributed by atoms with Crippen LogP contribution in [0.15, 0.2) is 42.6 Å². The Balaban J connectivity index is 1.47. The molecule has 1 aromatic heterocycles. The Kier molecular flexibility index (Phi) is 7.35. The Labute approximate surface area is 175 Å². The highest BCUT2D eigenvalue weighted by molar-refractivity contribution is 7.99. The molecule has 29 heavy (non-hydrogen) atoms. The Morgan fingerprint density at radius 2 is 1.83 bits per heavy atom. The van der Waals surface area contributed by atoms with Crippen LogP contribution in [0, 0.1) is 0 Å². The maximum Gasteiger partial charge on any atom is 0.319 e. The first-order valence-electron chi connectivity index (χ1n) is 9.63. The molecule has 0 bridgehead atoms. The molecule has 0 saturated carbocycles. The van der Waals surface area contributed by atoms with Gasteiger partial charge in [0.05, 0.1) is 6.42 Å². The molecule has 3 rings (SSSR count). The lowest BCUT2D eigenvalue weighted by atomic mass is 10.1. The molecule has 2 N–H and O–H groups in total. The summed E-state index contributed by atoms with van der Waals surface area (Å²) in [7, 11) is 3.85. The number of carbonyl (C=O) groups is 2. The fourth-order valence-corrected chi connectivity index (χ4v) is 3.88. The standard InChI is InChI=1S/C21H27N5O2S/c1-25(2)19-13-17(7-8-22-19)15-23-21(28)24-18-5-3-16(4-6-18)14-20(27)26-9-11-29-12-10-26/h3-8,13H,9-12,14-15H2,1-2H3,(H2,23,24,28). The molecule has 8 heteroatoms. The van der Waals surface area contributed by atoms with Crippen molar-refractivity contribution in [2.45, 2.75) is 13.0 Å². The van der Waals surface area contributed by atoms with E-state index in [9.17, 15) is 9.59 Å². The number of hydrogen-bond acceptors (Lipinski definition) is 5. The van der Waals surface area contributed by atoms with Crippen LogP contribution in [-0.4, -0.2) is 60.5 Å². The van der Waals surface area contributed by atoms with Crippen LogP contribution in [0.3, 0.4) is 0 Å². The van der Waals surface area contributed by atoms with E-state index in [4.69, 9.17) is 0 Å². The number of rotatable bonds is 6. The molecule has 0 aliphatic carbocycles. The first-order chi connectivity index (χ1) is 14.0. The number of urea groups is 1. The van der Waals surface area contributed by atoms with E-state index < -0.39 is 0 Å². The molecule has 0 spiro atoms. The Morgan fingerprint density at radius 1 is 1.10 bits per heavy atom. The quantitative estimate of drug-likeness (QED) is 0.761. The molecule has 2 aromatic rings. The third kappa shape index (κ3) is 6.39. The molecule has 0 radical (unpaired) electrons. The van der Waals surface area contributed by atoms with Gasteiger partial charge in [-0.25, -0.2) is 9.78 Å². The minimum atomic E-state index is -0.275. The van der Waals surface area contributed by atoms with Gasteiger partial charge in [0.15, 0.2) is 0 Å². The predicted octanol–water partition coefficient (Wildman–Crippen LogP) is 2.59. The summed E-state index contributed by atoms with van der Waals surface area (Å²) in [4.78, 5) is 32.6. The van der Waals surface area contributed by atoms with Crippen molar-refractivity contribution >= 4 is 35.2 Å². The van der Waals surface area contributed by atoms with E-state index >= 15 is 0 Å². The van der Waals surface area contributed by atoms with Gasteiger partial charge in [-0.2, -0.15) is 11.8 Å². The van der Waals surface area contributed by atoms with Crippen molar-refractivity contribution < 1.29 is 9.59 Å². The molecule has 1 saturated heterocycles. The number of nitrogens with one attached hydrogen (secondary N) is 2. The molecule has 1 fully saturated rings. The molecular formula is C21H27N5O2S. The van der Waals surface area contributed by atoms with Crippen LogP contribution < -0.4 is 15.5 Å². The second-order valence-electron chi connectivity index (χ2n) is 7.09. The number of nitrogens with zero attached hydrogens (tertiary/aromatic N) is 3. The van der Waals surface area contributed by atoms with Crippen LogP contribution in [0.5, 0.6) is 0 Å². The van der Waals surface area contributed by atoms with Gasteiger partial charge in [0.25, 0.3) is 0 Å². The molecule has 2 heterocycles. The Hall–Kier alpha value is -2.74. The molecule has 1 aliphatic heterocycles. The molecule has 0 unspecified atom stereocenters. The highest BCUT2D eigenvalue weighted by Crippen LogP contribution is 2.14. The lowest BCUT2D eigenvalue weighted by Crippen LogP contribution is -2.38. The lowest BCUT2D eigenvalue weighted by Gasteiger charge is -2.26.